The third kappa shape index (κ3) is 5.05. The molecule has 1 saturated heterocycles. The lowest BCUT2D eigenvalue weighted by molar-refractivity contribution is -0.133. The monoisotopic (exact) mass is 442 g/mol. The van der Waals surface area contributed by atoms with Crippen LogP contribution < -0.4 is 5.32 Å². The van der Waals surface area contributed by atoms with Crippen LogP contribution in [0.5, 0.6) is 0 Å². The molecule has 2 aliphatic carbocycles. The average Bonchev–Trinajstić information content (AvgIpc) is 3.68. The predicted molar refractivity (Wildman–Crippen MR) is 121 cm³/mol. The number of nitrogens with zero attached hydrogens (tertiary/aromatic N) is 1. The van der Waals surface area contributed by atoms with Gasteiger partial charge in [0.15, 0.2) is 5.78 Å². The molecule has 1 aromatic carbocycles. The average molecular weight is 443 g/mol. The van der Waals surface area contributed by atoms with Gasteiger partial charge in [-0.15, -0.1) is 0 Å². The Labute approximate surface area is 190 Å². The number of hydrogen-bond acceptors (Lipinski definition) is 3. The molecule has 3 fully saturated rings. The Morgan fingerprint density at radius 1 is 1.06 bits per heavy atom. The molecule has 1 heterocycles. The minimum absolute atomic E-state index is 0.00199. The lowest BCUT2D eigenvalue weighted by Gasteiger charge is -2.33. The molecule has 0 bridgehead atoms. The highest BCUT2D eigenvalue weighted by molar-refractivity contribution is 5.98. The quantitative estimate of drug-likeness (QED) is 0.671. The van der Waals surface area contributed by atoms with Crippen LogP contribution in [0, 0.1) is 17.7 Å². The Balaban J connectivity index is 1.50. The van der Waals surface area contributed by atoms with Crippen LogP contribution >= 0.6 is 0 Å². The zero-order valence-electron chi connectivity index (χ0n) is 19.1. The van der Waals surface area contributed by atoms with Crippen molar-refractivity contribution in [3.63, 3.8) is 0 Å². The Bertz CT molecular complexity index is 861. The summed E-state index contributed by atoms with van der Waals surface area (Å²) in [6.45, 7) is 3.05. The highest BCUT2D eigenvalue weighted by Gasteiger charge is 2.36. The number of carbonyl (C=O) groups is 3. The van der Waals surface area contributed by atoms with E-state index >= 15 is 4.39 Å². The molecule has 3 aliphatic rings. The Morgan fingerprint density at radius 3 is 2.50 bits per heavy atom. The Hall–Kier alpha value is -2.24. The second kappa shape index (κ2) is 10.1. The van der Waals surface area contributed by atoms with E-state index in [1.807, 2.05) is 11.8 Å². The van der Waals surface area contributed by atoms with Gasteiger partial charge >= 0.3 is 0 Å². The number of piperidine rings is 1. The fourth-order valence-corrected chi connectivity index (χ4v) is 5.43. The van der Waals surface area contributed by atoms with Crippen molar-refractivity contribution >= 4 is 17.6 Å². The van der Waals surface area contributed by atoms with Crippen LogP contribution in [0.4, 0.5) is 4.39 Å². The first kappa shape index (κ1) is 22.9. The van der Waals surface area contributed by atoms with Crippen molar-refractivity contribution in [2.45, 2.75) is 83.1 Å². The summed E-state index contributed by atoms with van der Waals surface area (Å²) in [5, 5.41) is 2.88. The number of benzene rings is 1. The summed E-state index contributed by atoms with van der Waals surface area (Å²) in [5.74, 6) is -0.632. The van der Waals surface area contributed by atoms with Crippen molar-refractivity contribution in [1.82, 2.24) is 10.2 Å². The fourth-order valence-electron chi connectivity index (χ4n) is 5.43. The number of carbonyl (C=O) groups excluding carboxylic acids is 3. The first-order valence-electron chi connectivity index (χ1n) is 12.4. The predicted octanol–water partition coefficient (Wildman–Crippen LogP) is 4.60. The third-order valence-corrected chi connectivity index (χ3v) is 7.48. The normalized spacial score (nSPS) is 22.9. The molecule has 2 saturated carbocycles. The number of ketones is 1. The summed E-state index contributed by atoms with van der Waals surface area (Å²) >= 11 is 0. The van der Waals surface area contributed by atoms with Gasteiger partial charge in [0.05, 0.1) is 11.6 Å². The Morgan fingerprint density at radius 2 is 1.81 bits per heavy atom. The van der Waals surface area contributed by atoms with Gasteiger partial charge in [-0.25, -0.2) is 4.39 Å². The Kier molecular flexibility index (Phi) is 7.27. The summed E-state index contributed by atoms with van der Waals surface area (Å²) in [6, 6.07) is 4.40. The summed E-state index contributed by atoms with van der Waals surface area (Å²) < 4.78 is 15.5. The second-order valence-corrected chi connectivity index (χ2v) is 9.78. The number of hydrogen-bond donors (Lipinski definition) is 1. The molecule has 1 aliphatic heterocycles. The van der Waals surface area contributed by atoms with Gasteiger partial charge in [-0.1, -0.05) is 38.3 Å². The van der Waals surface area contributed by atoms with Gasteiger partial charge in [-0.05, 0) is 56.1 Å². The van der Waals surface area contributed by atoms with E-state index in [9.17, 15) is 14.4 Å². The number of nitrogens with one attached hydrogen (secondary N) is 1. The molecule has 5 nitrogen and oxygen atoms in total. The molecule has 0 radical (unpaired) electrons. The van der Waals surface area contributed by atoms with E-state index in [1.54, 1.807) is 12.1 Å². The van der Waals surface area contributed by atoms with Crippen LogP contribution in [0.2, 0.25) is 0 Å². The van der Waals surface area contributed by atoms with E-state index in [-0.39, 0.29) is 35.0 Å². The number of Topliss-reactive ketones (excluding diaryl/α,β-unsaturated/α-hetero) is 1. The van der Waals surface area contributed by atoms with Gasteiger partial charge in [0, 0.05) is 31.3 Å². The number of rotatable bonds is 7. The van der Waals surface area contributed by atoms with E-state index in [2.05, 4.69) is 5.32 Å². The van der Waals surface area contributed by atoms with Gasteiger partial charge in [0.25, 0.3) is 5.91 Å². The van der Waals surface area contributed by atoms with Crippen LogP contribution in [-0.2, 0) is 9.59 Å². The molecule has 6 heteroatoms. The summed E-state index contributed by atoms with van der Waals surface area (Å²) in [6.07, 6.45) is 9.06. The van der Waals surface area contributed by atoms with Crippen molar-refractivity contribution in [3.05, 3.63) is 35.1 Å². The molecule has 4 rings (SSSR count). The second-order valence-electron chi connectivity index (χ2n) is 9.78. The van der Waals surface area contributed by atoms with Crippen LogP contribution in [0.25, 0.3) is 0 Å². The lowest BCUT2D eigenvalue weighted by atomic mass is 9.81. The zero-order chi connectivity index (χ0) is 22.7. The van der Waals surface area contributed by atoms with Crippen molar-refractivity contribution in [3.8, 4) is 0 Å². The molecule has 1 N–H and O–H groups in total. The maximum atomic E-state index is 15.5. The van der Waals surface area contributed by atoms with Crippen LogP contribution in [0.3, 0.4) is 0 Å². The smallest absolute Gasteiger partial charge is 0.254 e. The molecule has 32 heavy (non-hydrogen) atoms. The fraction of sp³-hybridized carbons (Fsp3) is 0.654. The van der Waals surface area contributed by atoms with E-state index in [0.717, 1.165) is 64.3 Å². The van der Waals surface area contributed by atoms with Crippen LogP contribution in [0.1, 0.15) is 93.0 Å². The summed E-state index contributed by atoms with van der Waals surface area (Å²) in [4.78, 5) is 40.0. The highest BCUT2D eigenvalue weighted by atomic mass is 19.1. The highest BCUT2D eigenvalue weighted by Crippen LogP contribution is 2.35. The molecular weight excluding hydrogens is 407 g/mol. The number of halogens is 1. The van der Waals surface area contributed by atoms with Crippen molar-refractivity contribution in [2.75, 3.05) is 13.1 Å². The first-order valence-corrected chi connectivity index (χ1v) is 12.4. The number of amides is 2. The molecule has 1 aromatic rings. The van der Waals surface area contributed by atoms with Gasteiger partial charge in [-0.3, -0.25) is 14.4 Å². The largest absolute Gasteiger partial charge is 0.342 e. The van der Waals surface area contributed by atoms with Crippen LogP contribution in [-0.4, -0.2) is 41.6 Å². The van der Waals surface area contributed by atoms with E-state index in [4.69, 9.17) is 0 Å². The standard InChI is InChI=1S/C26H35FN2O3/c1-2-22(30)24(17-8-4-3-5-9-17)28-25(31)21-12-6-11-20(23(21)27)19-10-7-15-29(16-19)26(32)18-13-14-18/h6,11-12,17-19,24H,2-5,7-10,13-16H2,1H3,(H,28,31)/t19-,24-/m1/s1. The summed E-state index contributed by atoms with van der Waals surface area (Å²) in [7, 11) is 0. The van der Waals surface area contributed by atoms with E-state index in [0.29, 0.717) is 18.5 Å². The van der Waals surface area contributed by atoms with E-state index in [1.165, 1.54) is 6.07 Å². The minimum atomic E-state index is -0.544. The first-order chi connectivity index (χ1) is 15.5. The minimum Gasteiger partial charge on any atom is -0.342 e. The van der Waals surface area contributed by atoms with Crippen molar-refractivity contribution in [1.29, 1.82) is 0 Å². The van der Waals surface area contributed by atoms with E-state index < -0.39 is 17.8 Å². The topological polar surface area (TPSA) is 66.5 Å². The van der Waals surface area contributed by atoms with Crippen LogP contribution in [0.15, 0.2) is 18.2 Å². The molecule has 0 aromatic heterocycles. The molecule has 0 spiro atoms. The SMILES string of the molecule is CCC(=O)[C@H](NC(=O)c1cccc([C@@H]2CCCN(C(=O)C3CC3)C2)c1F)C1CCCCC1. The maximum absolute atomic E-state index is 15.5. The van der Waals surface area contributed by atoms with Gasteiger partial charge in [0.2, 0.25) is 5.91 Å². The molecular formula is C26H35FN2O3. The van der Waals surface area contributed by atoms with Gasteiger partial charge in [0.1, 0.15) is 5.82 Å². The molecule has 0 unspecified atom stereocenters. The maximum Gasteiger partial charge on any atom is 0.254 e. The molecule has 174 valence electrons. The summed E-state index contributed by atoms with van der Waals surface area (Å²) in [5.41, 5.74) is 0.500. The zero-order valence-corrected chi connectivity index (χ0v) is 19.1. The lowest BCUT2D eigenvalue weighted by Crippen LogP contribution is -2.46. The number of likely N-dealkylation sites (tertiary alicyclic amines) is 1. The molecule has 2 atom stereocenters. The van der Waals surface area contributed by atoms with Gasteiger partial charge < -0.3 is 10.2 Å². The molecule has 2 amide bonds. The van der Waals surface area contributed by atoms with Gasteiger partial charge in [-0.2, -0.15) is 0 Å². The third-order valence-electron chi connectivity index (χ3n) is 7.48. The van der Waals surface area contributed by atoms with Crippen molar-refractivity contribution in [2.24, 2.45) is 11.8 Å². The van der Waals surface area contributed by atoms with Crippen molar-refractivity contribution < 1.29 is 18.8 Å².